The first-order valence-corrected chi connectivity index (χ1v) is 25.6. The van der Waals surface area contributed by atoms with E-state index in [-0.39, 0.29) is 39.6 Å². The Morgan fingerprint density at radius 1 is 0.449 bits per heavy atom. The molecule has 8 heterocycles. The molecule has 0 spiro atoms. The van der Waals surface area contributed by atoms with E-state index >= 15 is 0 Å². The number of nitrogens with zero attached hydrogens (tertiary/aromatic N) is 14. The zero-order chi connectivity index (χ0) is 57.6. The molecule has 4 aromatic heterocycles. The number of ether oxygens (including phenoxy) is 1. The fraction of sp³-hybridized carbons (Fsp3) is 0.400. The summed E-state index contributed by atoms with van der Waals surface area (Å²) in [6.07, 6.45) is 10.7. The summed E-state index contributed by atoms with van der Waals surface area (Å²) in [5, 5.41) is 31.8. The van der Waals surface area contributed by atoms with Crippen LogP contribution in [0.4, 0.5) is 0 Å². The second kappa shape index (κ2) is 51.9. The van der Waals surface area contributed by atoms with Crippen LogP contribution >= 0.6 is 0 Å². The number of hydrogen-bond acceptors (Lipinski definition) is 31. The van der Waals surface area contributed by atoms with Crippen molar-refractivity contribution in [3.63, 3.8) is 0 Å². The van der Waals surface area contributed by atoms with E-state index in [4.69, 9.17) is 89.8 Å². The van der Waals surface area contributed by atoms with Gasteiger partial charge in [-0.1, -0.05) is 12.1 Å². The van der Waals surface area contributed by atoms with Crippen LogP contribution in [0.25, 0.3) is 0 Å². The van der Waals surface area contributed by atoms with Gasteiger partial charge in [0.1, 0.15) is 22.8 Å². The van der Waals surface area contributed by atoms with Crippen molar-refractivity contribution >= 4 is 24.9 Å². The Balaban J connectivity index is -0.000000313. The molecule has 0 aliphatic carbocycles. The number of rotatable bonds is 6. The van der Waals surface area contributed by atoms with Crippen molar-refractivity contribution in [2.24, 2.45) is 20.0 Å². The van der Waals surface area contributed by atoms with Crippen LogP contribution in [-0.4, -0.2) is 136 Å². The summed E-state index contributed by atoms with van der Waals surface area (Å²) in [4.78, 5) is 31.9. The third-order valence-corrected chi connectivity index (χ3v) is 7.12. The Kier molecular flexibility index (Phi) is 56.5. The quantitative estimate of drug-likeness (QED) is 0.162. The minimum atomic E-state index is -4.94. The van der Waals surface area contributed by atoms with Crippen molar-refractivity contribution < 1.29 is 160 Å². The molecule has 38 heteroatoms. The molecule has 2 N–H and O–H groups in total. The number of aromatic nitrogens is 6. The van der Waals surface area contributed by atoms with Crippen molar-refractivity contribution in [1.82, 2.24) is 40.2 Å². The Labute approximate surface area is 478 Å². The van der Waals surface area contributed by atoms with E-state index in [1.54, 1.807) is 37.0 Å². The fourth-order valence-corrected chi connectivity index (χ4v) is 4.60. The van der Waals surface area contributed by atoms with Gasteiger partial charge >= 0.3 is 34.1 Å². The normalized spacial score (nSPS) is 12.8. The number of nitriles is 2. The summed E-state index contributed by atoms with van der Waals surface area (Å²) in [6.45, 7) is 15.4. The van der Waals surface area contributed by atoms with E-state index in [0.717, 1.165) is 50.8 Å². The largest absolute Gasteiger partial charge is 2.00 e. The zero-order valence-electron chi connectivity index (χ0n) is 41.7. The Morgan fingerprint density at radius 3 is 0.821 bits per heavy atom. The third-order valence-electron chi connectivity index (χ3n) is 7.12. The first kappa shape index (κ1) is 84.8. The molecule has 0 amide bonds. The van der Waals surface area contributed by atoms with Crippen molar-refractivity contribution in [2.75, 3.05) is 65.6 Å². The molecular formula is C40H54Cl4Mn2N14O18. The van der Waals surface area contributed by atoms with Crippen LogP contribution in [0.1, 0.15) is 61.9 Å². The maximum absolute atomic E-state index is 8.49. The van der Waals surface area contributed by atoms with Gasteiger partial charge in [-0.2, -0.15) is 10.5 Å². The van der Waals surface area contributed by atoms with Crippen LogP contribution in [0, 0.1) is 63.6 Å². The SMILES string of the molecule is C1=NCCN(Cc2ccccn2)CCN=Cc2ccc(nn2)C=NCCN(Cc2ccccn2)CCN=Cc2ccc1nn2.CC#N.CC#N.CCOCC.O.[Mn+2].[Mn+2].[O-][Cl+3]([O-])([O-])[O-].[O-][Cl+3]([O-])([O-])[O-].[O-][Cl+3]([O-])([O-])[O-].[O-][Cl+3]([O-])([O-])[O-]. The van der Waals surface area contributed by atoms with Gasteiger partial charge in [0, 0.05) is 104 Å². The van der Waals surface area contributed by atoms with E-state index in [1.807, 2.05) is 86.9 Å². The Morgan fingerprint density at radius 2 is 0.667 bits per heavy atom. The summed E-state index contributed by atoms with van der Waals surface area (Å²) < 4.78 is 141. The molecular weight excluding hydrogens is 1220 g/mol. The molecule has 4 aliphatic heterocycles. The van der Waals surface area contributed by atoms with Crippen LogP contribution in [0.5, 0.6) is 0 Å². The molecule has 32 nitrogen and oxygen atoms in total. The molecule has 78 heavy (non-hydrogen) atoms. The first-order valence-electron chi connectivity index (χ1n) is 20.6. The van der Waals surface area contributed by atoms with Gasteiger partial charge in [0.05, 0.1) is 49.7 Å². The number of pyridine rings is 2. The van der Waals surface area contributed by atoms with Crippen molar-refractivity contribution in [3.8, 4) is 12.1 Å². The molecule has 4 aromatic rings. The van der Waals surface area contributed by atoms with Crippen LogP contribution in [-0.2, 0) is 52.0 Å². The standard InChI is InChI=1S/C32H36N12.C4H10O.2C2H3N.4ClHO4.2Mn.H2O/c1-3-11-37-31(5-1)25-43-17-13-33-21-27-7-9-29(41-39-27)23-35-15-19-44(26-32-6-2-4-12-38-32)20-16-36-24-30-10-8-28(40-42-30)22-34-14-18-43;1-3-5-4-2;2*1-2-3;4*2-1(3,4)5;;;/h1-12,21-24H,13-20,25-26H2;3-4H2,1-2H3;2*1H3;4*(H,2,3,4,5);;;1H2/q;;;;;;;;2*+2;/p-4. The molecule has 434 valence electrons. The van der Waals surface area contributed by atoms with Gasteiger partial charge in [-0.25, -0.2) is 74.5 Å². The van der Waals surface area contributed by atoms with E-state index in [9.17, 15) is 0 Å². The molecule has 0 aromatic carbocycles. The van der Waals surface area contributed by atoms with E-state index < -0.39 is 41.0 Å². The summed E-state index contributed by atoms with van der Waals surface area (Å²) in [5.41, 5.74) is 4.84. The maximum atomic E-state index is 8.49. The average molecular weight is 1270 g/mol. The van der Waals surface area contributed by atoms with Crippen molar-refractivity contribution in [3.05, 3.63) is 107 Å². The zero-order valence-corrected chi connectivity index (χ0v) is 47.1. The van der Waals surface area contributed by atoms with Gasteiger partial charge in [-0.05, 0) is 62.4 Å². The average Bonchev–Trinajstić information content (AvgIpc) is 3.29. The van der Waals surface area contributed by atoms with Gasteiger partial charge in [-0.3, -0.25) is 39.7 Å². The van der Waals surface area contributed by atoms with Gasteiger partial charge in [0.2, 0.25) is 0 Å². The van der Waals surface area contributed by atoms with Gasteiger partial charge < -0.3 is 10.2 Å². The molecule has 0 unspecified atom stereocenters. The van der Waals surface area contributed by atoms with Crippen LogP contribution in [0.3, 0.4) is 0 Å². The molecule has 8 rings (SSSR count). The minimum Gasteiger partial charge on any atom is -0.412 e. The van der Waals surface area contributed by atoms with Gasteiger partial charge in [0.25, 0.3) is 0 Å². The maximum Gasteiger partial charge on any atom is 2.00 e. The second-order valence-corrected chi connectivity index (χ2v) is 15.9. The molecule has 4 aliphatic rings. The van der Waals surface area contributed by atoms with Crippen LogP contribution in [0.15, 0.2) is 93.0 Å². The van der Waals surface area contributed by atoms with Crippen molar-refractivity contribution in [1.29, 1.82) is 10.5 Å². The van der Waals surface area contributed by atoms with E-state index in [1.165, 1.54) is 13.8 Å². The number of hydrogen-bond donors (Lipinski definition) is 0. The predicted octanol–water partition coefficient (Wildman–Crippen LogP) is -15.3. The van der Waals surface area contributed by atoms with Crippen LogP contribution in [0.2, 0.25) is 0 Å². The molecule has 2 radical (unpaired) electrons. The van der Waals surface area contributed by atoms with E-state index in [0.29, 0.717) is 62.0 Å². The first-order chi connectivity index (χ1) is 35.0. The third kappa shape index (κ3) is 73.6. The van der Waals surface area contributed by atoms with Gasteiger partial charge in [0.15, 0.2) is 0 Å². The molecule has 0 atom stereocenters. The molecule has 4 bridgehead atoms. The minimum absolute atomic E-state index is 0. The van der Waals surface area contributed by atoms with E-state index in [2.05, 4.69) is 60.1 Å². The van der Waals surface area contributed by atoms with Crippen molar-refractivity contribution in [2.45, 2.75) is 40.8 Å². The summed E-state index contributed by atoms with van der Waals surface area (Å²) >= 11 is 0. The van der Waals surface area contributed by atoms with Gasteiger partial charge in [-0.15, -0.1) is 61.4 Å². The molecule has 0 saturated heterocycles. The number of aliphatic imine (C=N–C) groups is 4. The predicted molar refractivity (Wildman–Crippen MR) is 221 cm³/mol. The molecule has 0 saturated carbocycles. The Bertz CT molecular complexity index is 1940. The fourth-order valence-electron chi connectivity index (χ4n) is 4.60. The van der Waals surface area contributed by atoms with Crippen LogP contribution < -0.4 is 74.5 Å². The summed E-state index contributed by atoms with van der Waals surface area (Å²) in [7, 11) is -19.8. The smallest absolute Gasteiger partial charge is 0.412 e. The summed E-state index contributed by atoms with van der Waals surface area (Å²) in [6, 6.07) is 23.0. The number of halogens is 4. The Hall–Kier alpha value is -4.48. The summed E-state index contributed by atoms with van der Waals surface area (Å²) in [5.74, 6) is 0. The second-order valence-electron chi connectivity index (χ2n) is 12.8. The monoisotopic (exact) mass is 1270 g/mol. The topological polar surface area (TPSA) is 591 Å². The molecule has 0 fully saturated rings.